The zero-order chi connectivity index (χ0) is 14.8. The number of aromatic nitrogens is 3. The van der Waals surface area contributed by atoms with Crippen molar-refractivity contribution >= 4 is 11.9 Å². The minimum Gasteiger partial charge on any atom is -0.305 e. The second-order valence-electron chi connectivity index (χ2n) is 6.51. The van der Waals surface area contributed by atoms with E-state index in [0.717, 1.165) is 50.9 Å². The van der Waals surface area contributed by atoms with Crippen molar-refractivity contribution in [1.29, 1.82) is 0 Å². The average molecular weight is 291 g/mol. The number of carbonyl (C=O) groups is 1. The third kappa shape index (κ3) is 3.26. The standard InChI is InChI=1S/C15H25N5O/c1-19(2)12-8-9-13-16-15(18-20(13)10-12)17-14(21)11-6-4-3-5-7-11/h11-12H,3-10H2,1-2H3,(H,17,18,21). The second kappa shape index (κ2) is 6.13. The molecule has 1 unspecified atom stereocenters. The van der Waals surface area contributed by atoms with Crippen molar-refractivity contribution in [1.82, 2.24) is 19.7 Å². The van der Waals surface area contributed by atoms with Gasteiger partial charge in [0.2, 0.25) is 11.9 Å². The predicted octanol–water partition coefficient (Wildman–Crippen LogP) is 1.67. The highest BCUT2D eigenvalue weighted by atomic mass is 16.2. The number of rotatable bonds is 3. The molecule has 1 aliphatic carbocycles. The molecular weight excluding hydrogens is 266 g/mol. The van der Waals surface area contributed by atoms with Crippen LogP contribution >= 0.6 is 0 Å². The van der Waals surface area contributed by atoms with E-state index in [1.54, 1.807) is 0 Å². The molecule has 116 valence electrons. The van der Waals surface area contributed by atoms with Crippen molar-refractivity contribution < 1.29 is 4.79 Å². The van der Waals surface area contributed by atoms with Crippen molar-refractivity contribution in [3.63, 3.8) is 0 Å². The van der Waals surface area contributed by atoms with Gasteiger partial charge in [0.1, 0.15) is 5.82 Å². The lowest BCUT2D eigenvalue weighted by Crippen LogP contribution is -2.36. The molecule has 1 N–H and O–H groups in total. The maximum Gasteiger partial charge on any atom is 0.248 e. The molecule has 3 rings (SSSR count). The lowest BCUT2D eigenvalue weighted by molar-refractivity contribution is -0.120. The zero-order valence-corrected chi connectivity index (χ0v) is 13.0. The third-order valence-corrected chi connectivity index (χ3v) is 4.77. The average Bonchev–Trinajstić information content (AvgIpc) is 2.89. The number of aryl methyl sites for hydroxylation is 1. The van der Waals surface area contributed by atoms with Crippen LogP contribution in [-0.4, -0.2) is 45.7 Å². The number of fused-ring (bicyclic) bond motifs is 1. The largest absolute Gasteiger partial charge is 0.305 e. The summed E-state index contributed by atoms with van der Waals surface area (Å²) < 4.78 is 1.95. The van der Waals surface area contributed by atoms with Gasteiger partial charge in [-0.2, -0.15) is 4.98 Å². The van der Waals surface area contributed by atoms with Gasteiger partial charge in [0, 0.05) is 18.4 Å². The van der Waals surface area contributed by atoms with E-state index in [1.165, 1.54) is 6.42 Å². The molecule has 2 aliphatic rings. The van der Waals surface area contributed by atoms with Gasteiger partial charge in [0.05, 0.1) is 6.54 Å². The topological polar surface area (TPSA) is 63.1 Å². The summed E-state index contributed by atoms with van der Waals surface area (Å²) in [5.74, 6) is 1.72. The van der Waals surface area contributed by atoms with Crippen LogP contribution in [0.2, 0.25) is 0 Å². The van der Waals surface area contributed by atoms with Crippen LogP contribution in [0.1, 0.15) is 44.3 Å². The number of carbonyl (C=O) groups excluding carboxylic acids is 1. The number of amides is 1. The first-order valence-corrected chi connectivity index (χ1v) is 8.04. The second-order valence-corrected chi connectivity index (χ2v) is 6.51. The van der Waals surface area contributed by atoms with E-state index in [1.807, 2.05) is 4.68 Å². The van der Waals surface area contributed by atoms with E-state index in [0.29, 0.717) is 12.0 Å². The van der Waals surface area contributed by atoms with Gasteiger partial charge >= 0.3 is 0 Å². The Hall–Kier alpha value is -1.43. The number of hydrogen-bond donors (Lipinski definition) is 1. The molecule has 0 aromatic carbocycles. The lowest BCUT2D eigenvalue weighted by atomic mass is 9.89. The normalized spacial score (nSPS) is 23.1. The van der Waals surface area contributed by atoms with Crippen LogP contribution in [0.15, 0.2) is 0 Å². The first kappa shape index (κ1) is 14.5. The fraction of sp³-hybridized carbons (Fsp3) is 0.800. The Morgan fingerprint density at radius 3 is 2.71 bits per heavy atom. The van der Waals surface area contributed by atoms with Gasteiger partial charge < -0.3 is 4.90 Å². The number of hydrogen-bond acceptors (Lipinski definition) is 4. The van der Waals surface area contributed by atoms with E-state index in [9.17, 15) is 4.79 Å². The summed E-state index contributed by atoms with van der Waals surface area (Å²) in [6, 6.07) is 0.501. The Labute approximate surface area is 125 Å². The molecule has 0 bridgehead atoms. The summed E-state index contributed by atoms with van der Waals surface area (Å²) in [4.78, 5) is 19.0. The van der Waals surface area contributed by atoms with Crippen LogP contribution in [0.3, 0.4) is 0 Å². The molecule has 0 saturated heterocycles. The molecule has 21 heavy (non-hydrogen) atoms. The SMILES string of the molecule is CN(C)C1CCc2nc(NC(=O)C3CCCCC3)nn2C1. The van der Waals surface area contributed by atoms with Gasteiger partial charge in [-0.1, -0.05) is 19.3 Å². The van der Waals surface area contributed by atoms with Crippen molar-refractivity contribution in [3.05, 3.63) is 5.82 Å². The van der Waals surface area contributed by atoms with Crippen molar-refractivity contribution in [2.45, 2.75) is 57.5 Å². The van der Waals surface area contributed by atoms with Crippen molar-refractivity contribution in [2.24, 2.45) is 5.92 Å². The van der Waals surface area contributed by atoms with Crippen LogP contribution in [0.25, 0.3) is 0 Å². The molecule has 1 aromatic heterocycles. The van der Waals surface area contributed by atoms with Crippen molar-refractivity contribution in [2.75, 3.05) is 19.4 Å². The third-order valence-electron chi connectivity index (χ3n) is 4.77. The highest BCUT2D eigenvalue weighted by Crippen LogP contribution is 2.25. The fourth-order valence-corrected chi connectivity index (χ4v) is 3.34. The van der Waals surface area contributed by atoms with Crippen LogP contribution in [0, 0.1) is 5.92 Å². The Bertz CT molecular complexity index is 504. The molecule has 2 heterocycles. The summed E-state index contributed by atoms with van der Waals surface area (Å²) in [6.07, 6.45) is 7.61. The molecule has 1 fully saturated rings. The van der Waals surface area contributed by atoms with Gasteiger partial charge in [-0.15, -0.1) is 5.10 Å². The summed E-state index contributed by atoms with van der Waals surface area (Å²) in [7, 11) is 4.19. The van der Waals surface area contributed by atoms with E-state index >= 15 is 0 Å². The number of anilines is 1. The first-order chi connectivity index (χ1) is 10.1. The Kier molecular flexibility index (Phi) is 4.24. The first-order valence-electron chi connectivity index (χ1n) is 8.04. The van der Waals surface area contributed by atoms with Gasteiger partial charge in [0.25, 0.3) is 0 Å². The smallest absolute Gasteiger partial charge is 0.248 e. The number of nitrogens with zero attached hydrogens (tertiary/aromatic N) is 4. The number of nitrogens with one attached hydrogen (secondary N) is 1. The van der Waals surface area contributed by atoms with Gasteiger partial charge in [0.15, 0.2) is 0 Å². The Morgan fingerprint density at radius 2 is 2.00 bits per heavy atom. The van der Waals surface area contributed by atoms with E-state index in [4.69, 9.17) is 0 Å². The maximum atomic E-state index is 12.2. The van der Waals surface area contributed by atoms with Crippen molar-refractivity contribution in [3.8, 4) is 0 Å². The lowest BCUT2D eigenvalue weighted by Gasteiger charge is -2.27. The molecule has 0 spiro atoms. The summed E-state index contributed by atoms with van der Waals surface area (Å²) >= 11 is 0. The van der Waals surface area contributed by atoms with Crippen LogP contribution in [0.4, 0.5) is 5.95 Å². The summed E-state index contributed by atoms with van der Waals surface area (Å²) in [5.41, 5.74) is 0. The molecule has 1 aliphatic heterocycles. The minimum absolute atomic E-state index is 0.0989. The zero-order valence-electron chi connectivity index (χ0n) is 13.0. The highest BCUT2D eigenvalue weighted by Gasteiger charge is 2.25. The molecule has 6 heteroatoms. The van der Waals surface area contributed by atoms with E-state index < -0.39 is 0 Å². The summed E-state index contributed by atoms with van der Waals surface area (Å²) in [5, 5.41) is 7.38. The van der Waals surface area contributed by atoms with E-state index in [-0.39, 0.29) is 11.8 Å². The minimum atomic E-state index is 0.0989. The van der Waals surface area contributed by atoms with Crippen LogP contribution < -0.4 is 5.32 Å². The number of likely N-dealkylation sites (N-methyl/N-ethyl adjacent to an activating group) is 1. The Morgan fingerprint density at radius 1 is 1.24 bits per heavy atom. The summed E-state index contributed by atoms with van der Waals surface area (Å²) in [6.45, 7) is 0.856. The quantitative estimate of drug-likeness (QED) is 0.920. The Balaban J connectivity index is 1.63. The molecule has 0 radical (unpaired) electrons. The van der Waals surface area contributed by atoms with Gasteiger partial charge in [-0.3, -0.25) is 10.1 Å². The van der Waals surface area contributed by atoms with Gasteiger partial charge in [-0.05, 0) is 33.4 Å². The molecule has 1 aromatic rings. The molecule has 1 atom stereocenters. The molecule has 1 amide bonds. The van der Waals surface area contributed by atoms with Gasteiger partial charge in [-0.25, -0.2) is 4.68 Å². The predicted molar refractivity (Wildman–Crippen MR) is 81.0 cm³/mol. The monoisotopic (exact) mass is 291 g/mol. The highest BCUT2D eigenvalue weighted by molar-refractivity contribution is 5.90. The fourth-order valence-electron chi connectivity index (χ4n) is 3.34. The van der Waals surface area contributed by atoms with E-state index in [2.05, 4.69) is 34.4 Å². The van der Waals surface area contributed by atoms with Crippen LogP contribution in [-0.2, 0) is 17.8 Å². The molecular formula is C15H25N5O. The van der Waals surface area contributed by atoms with Crippen LogP contribution in [0.5, 0.6) is 0 Å². The molecule has 6 nitrogen and oxygen atoms in total. The maximum absolute atomic E-state index is 12.2. The molecule has 1 saturated carbocycles.